The molecule has 0 aliphatic carbocycles. The molecule has 0 unspecified atom stereocenters. The van der Waals surface area contributed by atoms with Crippen LogP contribution in [0.15, 0.2) is 24.3 Å². The summed E-state index contributed by atoms with van der Waals surface area (Å²) in [7, 11) is 0. The molecule has 3 N–H and O–H groups in total. The molecular formula is C15H22ClN3O2. The molecule has 0 bridgehead atoms. The molecule has 1 aliphatic heterocycles. The number of halogens is 1. The summed E-state index contributed by atoms with van der Waals surface area (Å²) < 4.78 is 5.57. The van der Waals surface area contributed by atoms with E-state index in [4.69, 9.17) is 22.1 Å². The maximum absolute atomic E-state index is 12.1. The largest absolute Gasteiger partial charge is 0.374 e. The third-order valence-electron chi connectivity index (χ3n) is 3.54. The van der Waals surface area contributed by atoms with E-state index in [-0.39, 0.29) is 12.1 Å². The van der Waals surface area contributed by atoms with Crippen molar-refractivity contribution in [3.8, 4) is 0 Å². The van der Waals surface area contributed by atoms with Crippen LogP contribution in [-0.4, -0.2) is 49.8 Å². The molecule has 1 saturated heterocycles. The molecular weight excluding hydrogens is 290 g/mol. The topological polar surface area (TPSA) is 67.6 Å². The van der Waals surface area contributed by atoms with Crippen molar-refractivity contribution < 1.29 is 9.53 Å². The minimum Gasteiger partial charge on any atom is -0.374 e. The quantitative estimate of drug-likeness (QED) is 0.868. The molecule has 1 aromatic rings. The molecule has 6 heteroatoms. The predicted octanol–water partition coefficient (Wildman–Crippen LogP) is 1.64. The molecule has 2 rings (SSSR count). The molecule has 5 nitrogen and oxygen atoms in total. The Bertz CT molecular complexity index is 468. The summed E-state index contributed by atoms with van der Waals surface area (Å²) in [5, 5.41) is 3.67. The Morgan fingerprint density at radius 2 is 2.29 bits per heavy atom. The van der Waals surface area contributed by atoms with Gasteiger partial charge < -0.3 is 20.7 Å². The number of carbonyl (C=O) groups excluding carboxylic acids is 1. The third kappa shape index (κ3) is 4.88. The first-order chi connectivity index (χ1) is 10.2. The van der Waals surface area contributed by atoms with E-state index in [0.29, 0.717) is 32.8 Å². The van der Waals surface area contributed by atoms with Crippen molar-refractivity contribution in [2.75, 3.05) is 32.8 Å². The summed E-state index contributed by atoms with van der Waals surface area (Å²) in [5.74, 6) is 0. The molecule has 0 spiro atoms. The summed E-state index contributed by atoms with van der Waals surface area (Å²) in [6, 6.07) is 7.63. The highest BCUT2D eigenvalue weighted by Gasteiger charge is 2.23. The number of carbonyl (C=O) groups is 1. The molecule has 116 valence electrons. The highest BCUT2D eigenvalue weighted by molar-refractivity contribution is 6.31. The number of amides is 2. The van der Waals surface area contributed by atoms with Gasteiger partial charge in [0.25, 0.3) is 0 Å². The van der Waals surface area contributed by atoms with Gasteiger partial charge >= 0.3 is 6.03 Å². The van der Waals surface area contributed by atoms with Gasteiger partial charge in [0, 0.05) is 24.7 Å². The van der Waals surface area contributed by atoms with Gasteiger partial charge in [0.2, 0.25) is 0 Å². The maximum Gasteiger partial charge on any atom is 0.317 e. The van der Waals surface area contributed by atoms with Crippen LogP contribution in [0.2, 0.25) is 5.02 Å². The number of benzene rings is 1. The fourth-order valence-electron chi connectivity index (χ4n) is 2.38. The SMILES string of the molecule is NCC[C@@H]1CN(C(=O)NCCc2ccccc2Cl)CCO1. The summed E-state index contributed by atoms with van der Waals surface area (Å²) in [6.45, 7) is 2.95. The van der Waals surface area contributed by atoms with E-state index >= 15 is 0 Å². The highest BCUT2D eigenvalue weighted by Crippen LogP contribution is 2.15. The molecule has 1 aliphatic rings. The van der Waals surface area contributed by atoms with E-state index in [1.165, 1.54) is 0 Å². The number of urea groups is 1. The number of hydrogen-bond acceptors (Lipinski definition) is 3. The number of nitrogens with zero attached hydrogens (tertiary/aromatic N) is 1. The van der Waals surface area contributed by atoms with Crippen LogP contribution in [0, 0.1) is 0 Å². The molecule has 1 fully saturated rings. The van der Waals surface area contributed by atoms with Crippen LogP contribution in [0.3, 0.4) is 0 Å². The lowest BCUT2D eigenvalue weighted by atomic mass is 10.1. The second-order valence-electron chi connectivity index (χ2n) is 5.09. The van der Waals surface area contributed by atoms with Crippen molar-refractivity contribution in [2.24, 2.45) is 5.73 Å². The molecule has 2 amide bonds. The van der Waals surface area contributed by atoms with E-state index in [9.17, 15) is 4.79 Å². The Labute approximate surface area is 130 Å². The molecule has 0 saturated carbocycles. The van der Waals surface area contributed by atoms with Crippen LogP contribution < -0.4 is 11.1 Å². The number of rotatable bonds is 5. The van der Waals surface area contributed by atoms with Crippen LogP contribution in [0.5, 0.6) is 0 Å². The first kappa shape index (κ1) is 16.1. The van der Waals surface area contributed by atoms with Gasteiger partial charge in [-0.3, -0.25) is 0 Å². The zero-order valence-corrected chi connectivity index (χ0v) is 12.8. The predicted molar refractivity (Wildman–Crippen MR) is 83.5 cm³/mol. The van der Waals surface area contributed by atoms with Gasteiger partial charge in [-0.15, -0.1) is 0 Å². The van der Waals surface area contributed by atoms with Gasteiger partial charge in [0.1, 0.15) is 0 Å². The number of ether oxygens (including phenoxy) is 1. The summed E-state index contributed by atoms with van der Waals surface area (Å²) in [6.07, 6.45) is 1.56. The molecule has 21 heavy (non-hydrogen) atoms. The van der Waals surface area contributed by atoms with Crippen LogP contribution in [0.4, 0.5) is 4.79 Å². The Morgan fingerprint density at radius 1 is 1.48 bits per heavy atom. The standard InChI is InChI=1S/C15H22ClN3O2/c16-14-4-2-1-3-12(14)6-8-18-15(20)19-9-10-21-13(11-19)5-7-17/h1-4,13H,5-11,17H2,(H,18,20)/t13-/m1/s1. The minimum atomic E-state index is -0.0487. The van der Waals surface area contributed by atoms with Crippen LogP contribution in [0.1, 0.15) is 12.0 Å². The van der Waals surface area contributed by atoms with Gasteiger partial charge in [-0.25, -0.2) is 4.79 Å². The summed E-state index contributed by atoms with van der Waals surface area (Å²) in [5.41, 5.74) is 6.57. The normalized spacial score (nSPS) is 18.6. The van der Waals surface area contributed by atoms with Crippen molar-refractivity contribution in [2.45, 2.75) is 18.9 Å². The second-order valence-corrected chi connectivity index (χ2v) is 5.50. The monoisotopic (exact) mass is 311 g/mol. The van der Waals surface area contributed by atoms with Gasteiger partial charge in [-0.05, 0) is 31.0 Å². The molecule has 0 aromatic heterocycles. The molecule has 0 radical (unpaired) electrons. The fourth-order valence-corrected chi connectivity index (χ4v) is 2.61. The molecule has 1 atom stereocenters. The molecule has 1 aromatic carbocycles. The lowest BCUT2D eigenvalue weighted by Gasteiger charge is -2.32. The fraction of sp³-hybridized carbons (Fsp3) is 0.533. The van der Waals surface area contributed by atoms with Gasteiger partial charge in [-0.2, -0.15) is 0 Å². The Morgan fingerprint density at radius 3 is 3.05 bits per heavy atom. The Balaban J connectivity index is 1.75. The van der Waals surface area contributed by atoms with Crippen molar-refractivity contribution in [3.63, 3.8) is 0 Å². The van der Waals surface area contributed by atoms with Crippen molar-refractivity contribution in [1.82, 2.24) is 10.2 Å². The van der Waals surface area contributed by atoms with Crippen molar-refractivity contribution in [3.05, 3.63) is 34.9 Å². The zero-order valence-electron chi connectivity index (χ0n) is 12.1. The minimum absolute atomic E-state index is 0.0487. The van der Waals surface area contributed by atoms with Crippen molar-refractivity contribution >= 4 is 17.6 Å². The summed E-state index contributed by atoms with van der Waals surface area (Å²) in [4.78, 5) is 13.9. The van der Waals surface area contributed by atoms with Crippen LogP contribution in [0.25, 0.3) is 0 Å². The van der Waals surface area contributed by atoms with E-state index in [1.54, 1.807) is 4.90 Å². The van der Waals surface area contributed by atoms with Gasteiger partial charge in [0.15, 0.2) is 0 Å². The Kier molecular flexibility index (Phi) is 6.29. The summed E-state index contributed by atoms with van der Waals surface area (Å²) >= 11 is 6.09. The Hall–Kier alpha value is -1.30. The second kappa shape index (κ2) is 8.22. The molecule has 1 heterocycles. The van der Waals surface area contributed by atoms with Crippen molar-refractivity contribution in [1.29, 1.82) is 0 Å². The van der Waals surface area contributed by atoms with Gasteiger partial charge in [-0.1, -0.05) is 29.8 Å². The number of hydrogen-bond donors (Lipinski definition) is 2. The zero-order chi connectivity index (χ0) is 15.1. The average Bonchev–Trinajstić information content (AvgIpc) is 2.50. The maximum atomic E-state index is 12.1. The first-order valence-corrected chi connectivity index (χ1v) is 7.66. The highest BCUT2D eigenvalue weighted by atomic mass is 35.5. The van der Waals surface area contributed by atoms with E-state index in [2.05, 4.69) is 5.32 Å². The smallest absolute Gasteiger partial charge is 0.317 e. The third-order valence-corrected chi connectivity index (χ3v) is 3.91. The van der Waals surface area contributed by atoms with Crippen LogP contribution >= 0.6 is 11.6 Å². The first-order valence-electron chi connectivity index (χ1n) is 7.28. The average molecular weight is 312 g/mol. The van der Waals surface area contributed by atoms with E-state index in [1.807, 2.05) is 24.3 Å². The number of nitrogens with one attached hydrogen (secondary N) is 1. The van der Waals surface area contributed by atoms with E-state index in [0.717, 1.165) is 23.4 Å². The van der Waals surface area contributed by atoms with Gasteiger partial charge in [0.05, 0.1) is 12.7 Å². The lowest BCUT2D eigenvalue weighted by molar-refractivity contribution is -0.0164. The number of morpholine rings is 1. The van der Waals surface area contributed by atoms with E-state index < -0.39 is 0 Å². The van der Waals surface area contributed by atoms with Crippen LogP contribution in [-0.2, 0) is 11.2 Å². The number of nitrogens with two attached hydrogens (primary N) is 1. The lowest BCUT2D eigenvalue weighted by Crippen LogP contribution is -2.50.